The summed E-state index contributed by atoms with van der Waals surface area (Å²) in [5.74, 6) is 2.20. The molecule has 1 aliphatic heterocycles. The maximum atomic E-state index is 6.02. The van der Waals surface area contributed by atoms with E-state index in [-0.39, 0.29) is 0 Å². The fourth-order valence-electron chi connectivity index (χ4n) is 3.38. The molecule has 2 aromatic heterocycles. The molecule has 3 aromatic rings. The van der Waals surface area contributed by atoms with Crippen LogP contribution in [0.5, 0.6) is 0 Å². The molecular weight excluding hydrogens is 300 g/mol. The maximum absolute atomic E-state index is 6.02. The van der Waals surface area contributed by atoms with Crippen LogP contribution < -0.4 is 10.6 Å². The molecule has 1 aliphatic rings. The molecule has 0 aliphatic carbocycles. The third-order valence-electron chi connectivity index (χ3n) is 4.45. The predicted molar refractivity (Wildman–Crippen MR) is 94.1 cm³/mol. The summed E-state index contributed by atoms with van der Waals surface area (Å²) in [6.07, 6.45) is 3.87. The first kappa shape index (κ1) is 14.7. The molecule has 1 fully saturated rings. The molecule has 1 saturated heterocycles. The van der Waals surface area contributed by atoms with Crippen molar-refractivity contribution in [1.82, 2.24) is 19.7 Å². The van der Waals surface area contributed by atoms with E-state index in [9.17, 15) is 0 Å². The summed E-state index contributed by atoms with van der Waals surface area (Å²) < 4.78 is 1.66. The summed E-state index contributed by atoms with van der Waals surface area (Å²) in [7, 11) is 0. The van der Waals surface area contributed by atoms with Gasteiger partial charge in [-0.25, -0.2) is 9.97 Å². The molecule has 0 saturated carbocycles. The van der Waals surface area contributed by atoms with E-state index in [0.717, 1.165) is 30.9 Å². The quantitative estimate of drug-likeness (QED) is 0.803. The average molecular weight is 320 g/mol. The van der Waals surface area contributed by atoms with Crippen LogP contribution in [-0.2, 0) is 0 Å². The van der Waals surface area contributed by atoms with Crippen molar-refractivity contribution in [3.8, 4) is 5.82 Å². The van der Waals surface area contributed by atoms with Crippen LogP contribution >= 0.6 is 0 Å². The Bertz CT molecular complexity index is 842. The van der Waals surface area contributed by atoms with Gasteiger partial charge < -0.3 is 10.6 Å². The SMILES string of the molecule is Cc1cc(N)n(-c2cc(N3CCC[C@@H]3c3ccccc3)ncn2)n1. The van der Waals surface area contributed by atoms with E-state index in [2.05, 4.69) is 50.3 Å². The third-order valence-corrected chi connectivity index (χ3v) is 4.45. The minimum Gasteiger partial charge on any atom is -0.384 e. The van der Waals surface area contributed by atoms with Gasteiger partial charge in [0.25, 0.3) is 0 Å². The van der Waals surface area contributed by atoms with Crippen LogP contribution in [0.1, 0.15) is 30.1 Å². The Morgan fingerprint density at radius 2 is 1.88 bits per heavy atom. The zero-order valence-corrected chi connectivity index (χ0v) is 13.6. The second-order valence-corrected chi connectivity index (χ2v) is 6.12. The highest BCUT2D eigenvalue weighted by atomic mass is 15.3. The van der Waals surface area contributed by atoms with Crippen molar-refractivity contribution < 1.29 is 0 Å². The topological polar surface area (TPSA) is 72.9 Å². The molecule has 0 bridgehead atoms. The van der Waals surface area contributed by atoms with E-state index in [1.807, 2.05) is 19.1 Å². The lowest BCUT2D eigenvalue weighted by Crippen LogP contribution is -2.24. The van der Waals surface area contributed by atoms with Crippen molar-refractivity contribution in [2.75, 3.05) is 17.2 Å². The minimum absolute atomic E-state index is 0.352. The van der Waals surface area contributed by atoms with Gasteiger partial charge in [-0.1, -0.05) is 30.3 Å². The van der Waals surface area contributed by atoms with Gasteiger partial charge in [0.05, 0.1) is 11.7 Å². The Balaban J connectivity index is 1.69. The highest BCUT2D eigenvalue weighted by molar-refractivity contribution is 5.49. The van der Waals surface area contributed by atoms with Crippen molar-refractivity contribution in [3.63, 3.8) is 0 Å². The van der Waals surface area contributed by atoms with Gasteiger partial charge in [-0.3, -0.25) is 0 Å². The van der Waals surface area contributed by atoms with Crippen molar-refractivity contribution in [3.05, 3.63) is 60.0 Å². The Labute approximate surface area is 141 Å². The summed E-state index contributed by atoms with van der Waals surface area (Å²) >= 11 is 0. The Morgan fingerprint density at radius 1 is 1.08 bits per heavy atom. The van der Waals surface area contributed by atoms with E-state index >= 15 is 0 Å². The van der Waals surface area contributed by atoms with Crippen LogP contribution in [0, 0.1) is 6.92 Å². The van der Waals surface area contributed by atoms with Crippen LogP contribution in [-0.4, -0.2) is 26.3 Å². The number of anilines is 2. The molecule has 6 heteroatoms. The molecule has 2 N–H and O–H groups in total. The minimum atomic E-state index is 0.352. The van der Waals surface area contributed by atoms with E-state index in [4.69, 9.17) is 5.73 Å². The monoisotopic (exact) mass is 320 g/mol. The fraction of sp³-hybridized carbons (Fsp3) is 0.278. The number of nitrogen functional groups attached to an aromatic ring is 1. The summed E-state index contributed by atoms with van der Waals surface area (Å²) in [4.78, 5) is 11.2. The number of nitrogens with two attached hydrogens (primary N) is 1. The number of aryl methyl sites for hydroxylation is 1. The van der Waals surface area contributed by atoms with Crippen molar-refractivity contribution in [2.45, 2.75) is 25.8 Å². The van der Waals surface area contributed by atoms with Crippen LogP contribution in [0.4, 0.5) is 11.6 Å². The van der Waals surface area contributed by atoms with E-state index in [1.54, 1.807) is 11.0 Å². The second kappa shape index (κ2) is 5.96. The molecule has 0 radical (unpaired) electrons. The molecule has 0 spiro atoms. The standard InChI is InChI=1S/C18H20N6/c1-13-10-16(19)24(22-13)18-11-17(20-12-21-18)23-9-5-8-15(23)14-6-3-2-4-7-14/h2-4,6-7,10-12,15H,5,8-9,19H2,1H3/t15-/m1/s1. The summed E-state index contributed by atoms with van der Waals surface area (Å²) in [5, 5.41) is 4.41. The fourth-order valence-corrected chi connectivity index (χ4v) is 3.38. The first-order valence-electron chi connectivity index (χ1n) is 8.18. The molecule has 1 aromatic carbocycles. The van der Waals surface area contributed by atoms with E-state index in [0.29, 0.717) is 17.7 Å². The van der Waals surface area contributed by atoms with Crippen LogP contribution in [0.15, 0.2) is 48.8 Å². The molecule has 24 heavy (non-hydrogen) atoms. The number of nitrogens with zero attached hydrogens (tertiary/aromatic N) is 5. The lowest BCUT2D eigenvalue weighted by atomic mass is 10.0. The summed E-state index contributed by atoms with van der Waals surface area (Å²) in [6.45, 7) is 2.91. The zero-order valence-electron chi connectivity index (χ0n) is 13.6. The molecule has 3 heterocycles. The molecular formula is C18H20N6. The molecule has 6 nitrogen and oxygen atoms in total. The lowest BCUT2D eigenvalue weighted by Gasteiger charge is -2.26. The van der Waals surface area contributed by atoms with Crippen molar-refractivity contribution in [2.24, 2.45) is 0 Å². The van der Waals surface area contributed by atoms with Gasteiger partial charge in [0, 0.05) is 18.7 Å². The number of benzene rings is 1. The zero-order chi connectivity index (χ0) is 16.5. The summed E-state index contributed by atoms with van der Waals surface area (Å²) in [6, 6.07) is 14.7. The van der Waals surface area contributed by atoms with E-state index < -0.39 is 0 Å². The van der Waals surface area contributed by atoms with Gasteiger partial charge in [0.15, 0.2) is 5.82 Å². The smallest absolute Gasteiger partial charge is 0.161 e. The van der Waals surface area contributed by atoms with Gasteiger partial charge in [0.1, 0.15) is 18.0 Å². The number of aromatic nitrogens is 4. The Morgan fingerprint density at radius 3 is 2.62 bits per heavy atom. The Hall–Kier alpha value is -2.89. The number of hydrogen-bond donors (Lipinski definition) is 1. The first-order chi connectivity index (χ1) is 11.7. The molecule has 1 atom stereocenters. The third kappa shape index (κ3) is 2.60. The number of rotatable bonds is 3. The molecule has 0 amide bonds. The molecule has 4 rings (SSSR count). The Kier molecular flexibility index (Phi) is 3.65. The van der Waals surface area contributed by atoms with Gasteiger partial charge in [-0.15, -0.1) is 0 Å². The van der Waals surface area contributed by atoms with Gasteiger partial charge in [-0.05, 0) is 25.3 Å². The molecule has 0 unspecified atom stereocenters. The van der Waals surface area contributed by atoms with Gasteiger partial charge >= 0.3 is 0 Å². The highest BCUT2D eigenvalue weighted by Gasteiger charge is 2.27. The van der Waals surface area contributed by atoms with Crippen LogP contribution in [0.2, 0.25) is 0 Å². The first-order valence-corrected chi connectivity index (χ1v) is 8.18. The van der Waals surface area contributed by atoms with Crippen molar-refractivity contribution in [1.29, 1.82) is 0 Å². The van der Waals surface area contributed by atoms with Crippen molar-refractivity contribution >= 4 is 11.6 Å². The van der Waals surface area contributed by atoms with Gasteiger partial charge in [-0.2, -0.15) is 9.78 Å². The highest BCUT2D eigenvalue weighted by Crippen LogP contribution is 2.35. The summed E-state index contributed by atoms with van der Waals surface area (Å²) in [5.41, 5.74) is 8.22. The normalized spacial score (nSPS) is 17.4. The van der Waals surface area contributed by atoms with E-state index in [1.165, 1.54) is 5.56 Å². The van der Waals surface area contributed by atoms with Crippen LogP contribution in [0.3, 0.4) is 0 Å². The van der Waals surface area contributed by atoms with Crippen LogP contribution in [0.25, 0.3) is 5.82 Å². The molecule has 122 valence electrons. The predicted octanol–water partition coefficient (Wildman–Crippen LogP) is 2.89. The van der Waals surface area contributed by atoms with Gasteiger partial charge in [0.2, 0.25) is 0 Å². The second-order valence-electron chi connectivity index (χ2n) is 6.12. The number of hydrogen-bond acceptors (Lipinski definition) is 5. The average Bonchev–Trinajstić information content (AvgIpc) is 3.22. The maximum Gasteiger partial charge on any atom is 0.161 e. The largest absolute Gasteiger partial charge is 0.384 e. The lowest BCUT2D eigenvalue weighted by molar-refractivity contribution is 0.708.